The van der Waals surface area contributed by atoms with E-state index in [1.54, 1.807) is 12.1 Å². The summed E-state index contributed by atoms with van der Waals surface area (Å²) in [5.41, 5.74) is 5.19. The normalized spacial score (nSPS) is 16.8. The third kappa shape index (κ3) is 5.55. The van der Waals surface area contributed by atoms with Crippen molar-refractivity contribution < 1.29 is 41.8 Å². The number of alkyl carbamates (subject to hydrolysis) is 1. The zero-order chi connectivity index (χ0) is 23.5. The van der Waals surface area contributed by atoms with Crippen LogP contribution in [-0.2, 0) is 38.1 Å². The molecular formula is C21H19F3N2O6. The molecule has 2 amide bonds. The molecule has 0 aliphatic carbocycles. The van der Waals surface area contributed by atoms with E-state index in [9.17, 15) is 27.6 Å². The van der Waals surface area contributed by atoms with E-state index < -0.39 is 48.3 Å². The average molecular weight is 452 g/mol. The molecule has 1 saturated heterocycles. The summed E-state index contributed by atoms with van der Waals surface area (Å²) < 4.78 is 55.5. The van der Waals surface area contributed by atoms with Crippen LogP contribution in [0.2, 0.25) is 0 Å². The van der Waals surface area contributed by atoms with E-state index >= 15 is 0 Å². The number of carbonyl (C=O) groups is 3. The molecular weight excluding hydrogens is 433 g/mol. The van der Waals surface area contributed by atoms with Crippen LogP contribution in [-0.4, -0.2) is 37.2 Å². The summed E-state index contributed by atoms with van der Waals surface area (Å²) in [4.78, 5) is 34.1. The van der Waals surface area contributed by atoms with Gasteiger partial charge in [0, 0.05) is 6.42 Å². The Morgan fingerprint density at radius 3 is 2.38 bits per heavy atom. The van der Waals surface area contributed by atoms with Crippen molar-refractivity contribution in [2.75, 3.05) is 7.11 Å². The van der Waals surface area contributed by atoms with Crippen molar-refractivity contribution in [1.29, 1.82) is 0 Å². The first-order chi connectivity index (χ1) is 15.1. The van der Waals surface area contributed by atoms with E-state index in [0.29, 0.717) is 5.56 Å². The predicted molar refractivity (Wildman–Crippen MR) is 104 cm³/mol. The molecule has 1 aliphatic rings. The van der Waals surface area contributed by atoms with Crippen molar-refractivity contribution in [3.05, 3.63) is 59.2 Å². The predicted octanol–water partition coefficient (Wildman–Crippen LogP) is 2.72. The zero-order valence-corrected chi connectivity index (χ0v) is 16.8. The van der Waals surface area contributed by atoms with Gasteiger partial charge in [-0.1, -0.05) is 18.2 Å². The summed E-state index contributed by atoms with van der Waals surface area (Å²) in [7, 11) is 1.23. The second kappa shape index (κ2) is 9.27. The summed E-state index contributed by atoms with van der Waals surface area (Å²) in [5.74, 6) is -1.16. The van der Waals surface area contributed by atoms with E-state index in [0.717, 1.165) is 6.07 Å². The van der Waals surface area contributed by atoms with Crippen molar-refractivity contribution in [3.8, 4) is 11.5 Å². The van der Waals surface area contributed by atoms with E-state index in [2.05, 4.69) is 4.74 Å². The molecule has 32 heavy (non-hydrogen) atoms. The Labute approximate surface area is 180 Å². The number of amides is 2. The molecule has 0 spiro atoms. The van der Waals surface area contributed by atoms with E-state index in [1.165, 1.54) is 31.4 Å². The minimum absolute atomic E-state index is 0.0760. The second-order valence-corrected chi connectivity index (χ2v) is 6.98. The van der Waals surface area contributed by atoms with E-state index in [1.807, 2.05) is 5.32 Å². The van der Waals surface area contributed by atoms with Crippen LogP contribution in [0.4, 0.5) is 18.0 Å². The van der Waals surface area contributed by atoms with E-state index in [4.69, 9.17) is 15.2 Å². The fourth-order valence-corrected chi connectivity index (χ4v) is 3.11. The van der Waals surface area contributed by atoms with Crippen molar-refractivity contribution in [2.45, 2.75) is 31.2 Å². The van der Waals surface area contributed by atoms with Crippen molar-refractivity contribution in [3.63, 3.8) is 0 Å². The Balaban J connectivity index is 1.75. The Bertz CT molecular complexity index is 1020. The van der Waals surface area contributed by atoms with Gasteiger partial charge in [-0.2, -0.15) is 13.2 Å². The molecule has 1 aliphatic heterocycles. The average Bonchev–Trinajstić information content (AvgIpc) is 3.05. The molecule has 3 N–H and O–H groups in total. The van der Waals surface area contributed by atoms with Crippen molar-refractivity contribution in [2.24, 2.45) is 5.73 Å². The third-order valence-corrected chi connectivity index (χ3v) is 4.68. The first-order valence-corrected chi connectivity index (χ1v) is 9.38. The Morgan fingerprint density at radius 1 is 1.16 bits per heavy atom. The summed E-state index contributed by atoms with van der Waals surface area (Å²) in [6, 6.07) is 8.78. The van der Waals surface area contributed by atoms with Crippen molar-refractivity contribution >= 4 is 18.0 Å². The third-order valence-electron chi connectivity index (χ3n) is 4.68. The lowest BCUT2D eigenvalue weighted by Crippen LogP contribution is -2.33. The molecule has 2 unspecified atom stereocenters. The quantitative estimate of drug-likeness (QED) is 0.621. The number of hydrogen-bond donors (Lipinski definition) is 2. The number of hydrogen-bond acceptors (Lipinski definition) is 7. The molecule has 0 radical (unpaired) electrons. The highest BCUT2D eigenvalue weighted by Crippen LogP contribution is 2.36. The smallest absolute Gasteiger partial charge is 0.416 e. The van der Waals surface area contributed by atoms with Gasteiger partial charge in [0.05, 0.1) is 12.7 Å². The molecule has 1 fully saturated rings. The fraction of sp³-hybridized carbons (Fsp3) is 0.286. The lowest BCUT2D eigenvalue weighted by atomic mass is 10.0. The Hall–Kier alpha value is -3.60. The summed E-state index contributed by atoms with van der Waals surface area (Å²) in [5, 5.41) is 1.88. The first-order valence-electron chi connectivity index (χ1n) is 9.38. The van der Waals surface area contributed by atoms with Crippen LogP contribution in [0.5, 0.6) is 11.5 Å². The number of carbonyl (C=O) groups excluding carboxylic acids is 3. The largest absolute Gasteiger partial charge is 0.468 e. The van der Waals surface area contributed by atoms with Gasteiger partial charge in [-0.05, 0) is 41.8 Å². The SMILES string of the molecule is COC(=O)C(N)Cc1ccc(Oc2ccc(CC3OC(=O)NC3=O)c(C(F)(F)F)c2)cc1. The van der Waals surface area contributed by atoms with Crippen molar-refractivity contribution in [1.82, 2.24) is 5.32 Å². The van der Waals surface area contributed by atoms with Crippen LogP contribution >= 0.6 is 0 Å². The molecule has 2 atom stereocenters. The van der Waals surface area contributed by atoms with E-state index in [-0.39, 0.29) is 23.5 Å². The maximum Gasteiger partial charge on any atom is 0.416 e. The lowest BCUT2D eigenvalue weighted by molar-refractivity contribution is -0.142. The molecule has 11 heteroatoms. The number of cyclic esters (lactones) is 1. The molecule has 8 nitrogen and oxygen atoms in total. The van der Waals surface area contributed by atoms with Gasteiger partial charge in [0.25, 0.3) is 5.91 Å². The highest BCUT2D eigenvalue weighted by Gasteiger charge is 2.38. The Morgan fingerprint density at radius 2 is 1.81 bits per heavy atom. The molecule has 170 valence electrons. The van der Waals surface area contributed by atoms with Crippen LogP contribution in [0, 0.1) is 0 Å². The van der Waals surface area contributed by atoms with Crippen LogP contribution in [0.1, 0.15) is 16.7 Å². The number of rotatable bonds is 7. The monoisotopic (exact) mass is 452 g/mol. The lowest BCUT2D eigenvalue weighted by Gasteiger charge is -2.16. The molecule has 2 aromatic rings. The number of imide groups is 1. The minimum Gasteiger partial charge on any atom is -0.468 e. The second-order valence-electron chi connectivity index (χ2n) is 6.98. The summed E-state index contributed by atoms with van der Waals surface area (Å²) in [6.45, 7) is 0. The fourth-order valence-electron chi connectivity index (χ4n) is 3.11. The maximum absolute atomic E-state index is 13.6. The molecule has 0 saturated carbocycles. The topological polar surface area (TPSA) is 117 Å². The highest BCUT2D eigenvalue weighted by molar-refractivity contribution is 6.00. The molecule has 1 heterocycles. The van der Waals surface area contributed by atoms with Gasteiger partial charge in [-0.15, -0.1) is 0 Å². The number of benzene rings is 2. The van der Waals surface area contributed by atoms with Gasteiger partial charge < -0.3 is 19.9 Å². The first kappa shape index (κ1) is 23.1. The van der Waals surface area contributed by atoms with Gasteiger partial charge in [-0.3, -0.25) is 14.9 Å². The summed E-state index contributed by atoms with van der Waals surface area (Å²) in [6.07, 6.45) is -7.26. The Kier molecular flexibility index (Phi) is 6.68. The van der Waals surface area contributed by atoms with Gasteiger partial charge in [0.15, 0.2) is 6.10 Å². The van der Waals surface area contributed by atoms with Crippen LogP contribution in [0.25, 0.3) is 0 Å². The number of ether oxygens (including phenoxy) is 3. The van der Waals surface area contributed by atoms with Gasteiger partial charge in [-0.25, -0.2) is 4.79 Å². The molecule has 3 rings (SSSR count). The van der Waals surface area contributed by atoms with Gasteiger partial charge in [0.1, 0.15) is 17.5 Å². The number of esters is 1. The van der Waals surface area contributed by atoms with Gasteiger partial charge in [0.2, 0.25) is 0 Å². The standard InChI is InChI=1S/C21H19F3N2O6/c1-30-19(28)16(25)8-11-2-5-13(6-3-11)31-14-7-4-12(15(10-14)21(22,23)24)9-17-18(27)26-20(29)32-17/h2-7,10,16-17H,8-9,25H2,1H3,(H,26,27,29). The zero-order valence-electron chi connectivity index (χ0n) is 16.8. The number of nitrogens with one attached hydrogen (secondary N) is 1. The highest BCUT2D eigenvalue weighted by atomic mass is 19.4. The minimum atomic E-state index is -4.72. The number of halogens is 3. The molecule has 2 aromatic carbocycles. The van der Waals surface area contributed by atoms with Gasteiger partial charge >= 0.3 is 18.2 Å². The summed E-state index contributed by atoms with van der Waals surface area (Å²) >= 11 is 0. The number of alkyl halides is 3. The number of nitrogens with two attached hydrogens (primary N) is 1. The number of methoxy groups -OCH3 is 1. The maximum atomic E-state index is 13.6. The van der Waals surface area contributed by atoms with Crippen LogP contribution in [0.3, 0.4) is 0 Å². The molecule has 0 aromatic heterocycles. The molecule has 0 bridgehead atoms. The van der Waals surface area contributed by atoms with Crippen LogP contribution in [0.15, 0.2) is 42.5 Å². The van der Waals surface area contributed by atoms with Crippen LogP contribution < -0.4 is 15.8 Å².